The Kier molecular flexibility index (Phi) is 6.69. The fraction of sp³-hybridized carbons (Fsp3) is 0. The second-order valence-electron chi connectivity index (χ2n) is 8.14. The van der Waals surface area contributed by atoms with Gasteiger partial charge in [0.05, 0.1) is 0 Å². The van der Waals surface area contributed by atoms with Gasteiger partial charge in [0.25, 0.3) is 0 Å². The number of hydrogen-bond donors (Lipinski definition) is 2. The molecule has 0 bridgehead atoms. The van der Waals surface area contributed by atoms with Crippen molar-refractivity contribution in [1.82, 2.24) is 0 Å². The molecule has 188 valence electrons. The van der Waals surface area contributed by atoms with Gasteiger partial charge in [-0.15, -0.1) is 0 Å². The number of halogens is 6. The normalized spacial score (nSPS) is 21.1. The van der Waals surface area contributed by atoms with E-state index in [2.05, 4.69) is 10.2 Å². The monoisotopic (exact) mass is 636 g/mol. The summed E-state index contributed by atoms with van der Waals surface area (Å²) in [6.45, 7) is 0. The zero-order chi connectivity index (χ0) is 25.7. The molecule has 1 aliphatic rings. The summed E-state index contributed by atoms with van der Waals surface area (Å²) in [5.74, 6) is -8.72. The van der Waals surface area contributed by atoms with Gasteiger partial charge >= 0.3 is 241 Å². The molecule has 4 aromatic carbocycles. The maximum atomic E-state index is 7.61. The molecule has 0 aromatic heterocycles. The minimum atomic E-state index is -4.36. The van der Waals surface area contributed by atoms with Crippen molar-refractivity contribution in [3.63, 3.8) is 0 Å². The summed E-state index contributed by atoms with van der Waals surface area (Å²) in [7, 11) is 0. The van der Waals surface area contributed by atoms with Crippen LogP contribution in [0.1, 0.15) is 0 Å². The zero-order valence-corrected chi connectivity index (χ0v) is 24.8. The number of anilines is 4. The van der Waals surface area contributed by atoms with Crippen LogP contribution >= 0.6 is 79.7 Å². The van der Waals surface area contributed by atoms with E-state index in [0.29, 0.717) is 32.8 Å². The molecule has 2 N–H and O–H groups in total. The van der Waals surface area contributed by atoms with Gasteiger partial charge in [-0.3, -0.25) is 0 Å². The number of benzene rings is 4. The standard InChI is InChI=1S/C24H20Cl6N4P2/c25-19-11-15-21(16-12-19)31-35(27,28)33(23-7-3-1-4-8-23)36(29,30,32-22-17-13-20(26)14-18-22)34(35)24-9-5-2-6-10-24/h1-18,31-32H. The molecule has 0 amide bonds. The van der Waals surface area contributed by atoms with Crippen molar-refractivity contribution >= 4 is 102 Å². The Morgan fingerprint density at radius 3 is 1.06 bits per heavy atom. The van der Waals surface area contributed by atoms with Crippen molar-refractivity contribution in [2.45, 2.75) is 0 Å². The molecule has 1 saturated heterocycles. The van der Waals surface area contributed by atoms with Gasteiger partial charge in [-0.05, 0) is 0 Å². The van der Waals surface area contributed by atoms with Gasteiger partial charge < -0.3 is 0 Å². The zero-order valence-electron chi connectivity index (χ0n) is 18.4. The topological polar surface area (TPSA) is 30.5 Å². The van der Waals surface area contributed by atoms with Crippen LogP contribution in [0.3, 0.4) is 0 Å². The molecule has 1 fully saturated rings. The Balaban J connectivity index is 1.75. The Hall–Kier alpha value is -1.32. The number of hydrogen-bond acceptors (Lipinski definition) is 4. The van der Waals surface area contributed by atoms with Crippen LogP contribution in [0.5, 0.6) is 0 Å². The van der Waals surface area contributed by atoms with Gasteiger partial charge in [0.15, 0.2) is 0 Å². The molecule has 1 heterocycles. The summed E-state index contributed by atoms with van der Waals surface area (Å²) in [4.78, 5) is 0. The minimum absolute atomic E-state index is 0.584. The summed E-state index contributed by atoms with van der Waals surface area (Å²) in [5.41, 5.74) is 2.61. The molecule has 0 atom stereocenters. The van der Waals surface area contributed by atoms with E-state index in [4.69, 9.17) is 68.2 Å². The second-order valence-corrected chi connectivity index (χ2v) is 23.7. The van der Waals surface area contributed by atoms with Crippen LogP contribution in [0.15, 0.2) is 109 Å². The summed E-state index contributed by atoms with van der Waals surface area (Å²) in [6, 6.07) is 33.0. The van der Waals surface area contributed by atoms with Crippen LogP contribution in [0.4, 0.5) is 22.7 Å². The molecule has 36 heavy (non-hydrogen) atoms. The van der Waals surface area contributed by atoms with E-state index in [1.54, 1.807) is 57.4 Å². The first-order chi connectivity index (χ1) is 17.0. The third-order valence-corrected chi connectivity index (χ3v) is 22.2. The molecule has 4 nitrogen and oxygen atoms in total. The number of nitrogens with zero attached hydrogens (tertiary/aromatic N) is 2. The van der Waals surface area contributed by atoms with E-state index in [0.717, 1.165) is 0 Å². The van der Waals surface area contributed by atoms with Gasteiger partial charge in [0.2, 0.25) is 0 Å². The van der Waals surface area contributed by atoms with Crippen LogP contribution in [0.2, 0.25) is 10.0 Å². The van der Waals surface area contributed by atoms with E-state index in [-0.39, 0.29) is 0 Å². The molecule has 0 saturated carbocycles. The molecule has 0 spiro atoms. The molecular formula is C24H20Cl6N4P2. The predicted octanol–water partition coefficient (Wildman–Crippen LogP) is 11.8. The fourth-order valence-corrected chi connectivity index (χ4v) is 28.8. The Labute approximate surface area is 239 Å². The van der Waals surface area contributed by atoms with Crippen LogP contribution < -0.4 is 19.1 Å². The fourth-order valence-electron chi connectivity index (χ4n) is 4.22. The van der Waals surface area contributed by atoms with Crippen molar-refractivity contribution in [2.24, 2.45) is 0 Å². The third kappa shape index (κ3) is 4.37. The number of rotatable bonds is 6. The van der Waals surface area contributed by atoms with Crippen molar-refractivity contribution in [3.05, 3.63) is 119 Å². The SMILES string of the molecule is Clc1ccc(NP2(Cl)(Cl)N(c3ccccc3)P(Cl)(Cl)(Nc3ccc(Cl)cc3)N2c2ccccc2)cc1. The van der Waals surface area contributed by atoms with Gasteiger partial charge in [-0.2, -0.15) is 0 Å². The Morgan fingerprint density at radius 1 is 0.444 bits per heavy atom. The second kappa shape index (κ2) is 9.16. The van der Waals surface area contributed by atoms with Crippen LogP contribution in [0.25, 0.3) is 0 Å². The summed E-state index contributed by atoms with van der Waals surface area (Å²) < 4.78 is 3.44. The molecule has 12 heteroatoms. The van der Waals surface area contributed by atoms with Crippen molar-refractivity contribution < 1.29 is 0 Å². The number of para-hydroxylation sites is 2. The van der Waals surface area contributed by atoms with E-state index >= 15 is 0 Å². The molecule has 0 unspecified atom stereocenters. The molecular weight excluding hydrogens is 619 g/mol. The summed E-state index contributed by atoms with van der Waals surface area (Å²) in [6.07, 6.45) is 0. The third-order valence-electron chi connectivity index (χ3n) is 5.58. The predicted molar refractivity (Wildman–Crippen MR) is 165 cm³/mol. The van der Waals surface area contributed by atoms with Crippen LogP contribution in [-0.4, -0.2) is 0 Å². The molecule has 4 aromatic rings. The van der Waals surface area contributed by atoms with E-state index in [1.807, 2.05) is 60.7 Å². The quantitative estimate of drug-likeness (QED) is 0.206. The van der Waals surface area contributed by atoms with E-state index < -0.39 is 11.5 Å². The van der Waals surface area contributed by atoms with E-state index in [1.165, 1.54) is 0 Å². The Bertz CT molecular complexity index is 1270. The van der Waals surface area contributed by atoms with Gasteiger partial charge in [0.1, 0.15) is 0 Å². The average Bonchev–Trinajstić information content (AvgIpc) is 2.82. The molecule has 0 aliphatic carbocycles. The van der Waals surface area contributed by atoms with Crippen molar-refractivity contribution in [2.75, 3.05) is 19.1 Å². The molecule has 0 radical (unpaired) electrons. The maximum absolute atomic E-state index is 7.61. The van der Waals surface area contributed by atoms with Crippen molar-refractivity contribution in [1.29, 1.82) is 0 Å². The average molecular weight is 639 g/mol. The van der Waals surface area contributed by atoms with Gasteiger partial charge in [-0.25, -0.2) is 0 Å². The Morgan fingerprint density at radius 2 is 0.750 bits per heavy atom. The molecule has 1 aliphatic heterocycles. The molecule has 5 rings (SSSR count). The summed E-state index contributed by atoms with van der Waals surface area (Å²) >= 11 is 42.7. The van der Waals surface area contributed by atoms with Crippen LogP contribution in [-0.2, 0) is 0 Å². The van der Waals surface area contributed by atoms with Crippen molar-refractivity contribution in [3.8, 4) is 0 Å². The van der Waals surface area contributed by atoms with E-state index in [9.17, 15) is 0 Å². The first kappa shape index (κ1) is 26.3. The summed E-state index contributed by atoms with van der Waals surface area (Å²) in [5, 5.41) is 7.94. The first-order valence-electron chi connectivity index (χ1n) is 10.7. The van der Waals surface area contributed by atoms with Gasteiger partial charge in [-0.1, -0.05) is 0 Å². The van der Waals surface area contributed by atoms with Gasteiger partial charge in [0, 0.05) is 0 Å². The first-order valence-corrected chi connectivity index (χ1v) is 19.4. The van der Waals surface area contributed by atoms with Crippen LogP contribution in [0, 0.1) is 0 Å². The number of nitrogens with one attached hydrogen (secondary N) is 2.